The van der Waals surface area contributed by atoms with Crippen LogP contribution in [-0.2, 0) is 10.0 Å². The fraction of sp³-hybridized carbons (Fsp3) is 0.238. The highest BCUT2D eigenvalue weighted by atomic mass is 32.2. The Hall–Kier alpha value is -3.24. The van der Waals surface area contributed by atoms with Gasteiger partial charge in [-0.25, -0.2) is 23.1 Å². The summed E-state index contributed by atoms with van der Waals surface area (Å²) in [5.74, 6) is -0.812. The molecule has 3 rings (SSSR count). The average molecular weight is 568 g/mol. The molecule has 0 bridgehead atoms. The van der Waals surface area contributed by atoms with Gasteiger partial charge in [0.2, 0.25) is 10.0 Å². The Kier molecular flexibility index (Phi) is 8.76. The SMILES string of the molecule is CNS(=O)(=O)c1ccc(SCC(F)(F)F)c(Nc2cc(Nc3ccc(OCC(F)(F)F)cc3)ncn2)c1. The quantitative estimate of drug-likeness (QED) is 0.219. The zero-order chi connectivity index (χ0) is 27.3. The van der Waals surface area contributed by atoms with E-state index in [2.05, 4.69) is 30.1 Å². The lowest BCUT2D eigenvalue weighted by Gasteiger charge is -2.15. The third kappa shape index (κ3) is 8.98. The highest BCUT2D eigenvalue weighted by molar-refractivity contribution is 7.99. The molecule has 0 fully saturated rings. The number of halogens is 6. The van der Waals surface area contributed by atoms with Gasteiger partial charge in [0.1, 0.15) is 23.7 Å². The fourth-order valence-electron chi connectivity index (χ4n) is 2.76. The van der Waals surface area contributed by atoms with Gasteiger partial charge in [-0.2, -0.15) is 26.3 Å². The summed E-state index contributed by atoms with van der Waals surface area (Å²) in [6, 6.07) is 10.6. The van der Waals surface area contributed by atoms with Gasteiger partial charge < -0.3 is 15.4 Å². The van der Waals surface area contributed by atoms with Crippen LogP contribution < -0.4 is 20.1 Å². The molecule has 1 aromatic heterocycles. The summed E-state index contributed by atoms with van der Waals surface area (Å²) in [6.07, 6.45) is -7.76. The van der Waals surface area contributed by atoms with Crippen LogP contribution >= 0.6 is 11.8 Å². The Labute approximate surface area is 211 Å². The van der Waals surface area contributed by atoms with E-state index in [4.69, 9.17) is 0 Å². The largest absolute Gasteiger partial charge is 0.484 e. The van der Waals surface area contributed by atoms with E-state index in [-0.39, 0.29) is 32.9 Å². The second-order valence-electron chi connectivity index (χ2n) is 7.24. The summed E-state index contributed by atoms with van der Waals surface area (Å²) >= 11 is 0.470. The molecular weight excluding hydrogens is 548 g/mol. The Morgan fingerprint density at radius 3 is 2.14 bits per heavy atom. The molecule has 3 aromatic rings. The Bertz CT molecular complexity index is 1320. The molecule has 8 nitrogen and oxygen atoms in total. The van der Waals surface area contributed by atoms with Crippen LogP contribution in [0.15, 0.2) is 64.6 Å². The van der Waals surface area contributed by atoms with Crippen LogP contribution in [0.25, 0.3) is 0 Å². The lowest BCUT2D eigenvalue weighted by molar-refractivity contribution is -0.153. The van der Waals surface area contributed by atoms with Crippen LogP contribution in [0.4, 0.5) is 49.4 Å². The zero-order valence-corrected chi connectivity index (χ0v) is 20.4. The Balaban J connectivity index is 1.79. The van der Waals surface area contributed by atoms with Crippen LogP contribution in [0.1, 0.15) is 0 Å². The molecule has 2 aromatic carbocycles. The minimum absolute atomic E-state index is 0.00760. The normalized spacial score (nSPS) is 12.3. The summed E-state index contributed by atoms with van der Waals surface area (Å²) in [5, 5.41) is 5.72. The predicted molar refractivity (Wildman–Crippen MR) is 126 cm³/mol. The van der Waals surface area contributed by atoms with Gasteiger partial charge >= 0.3 is 12.4 Å². The third-order valence-corrected chi connectivity index (χ3v) is 6.93. The number of benzene rings is 2. The van der Waals surface area contributed by atoms with Crippen molar-refractivity contribution in [1.82, 2.24) is 14.7 Å². The van der Waals surface area contributed by atoms with Gasteiger partial charge in [-0.3, -0.25) is 0 Å². The number of anilines is 4. The molecular formula is C21H19F6N5O3S2. The lowest BCUT2D eigenvalue weighted by atomic mass is 10.3. The molecule has 0 aliphatic heterocycles. The number of sulfonamides is 1. The van der Waals surface area contributed by atoms with Crippen molar-refractivity contribution in [3.8, 4) is 5.75 Å². The second-order valence-corrected chi connectivity index (χ2v) is 10.1. The van der Waals surface area contributed by atoms with Crippen molar-refractivity contribution in [1.29, 1.82) is 0 Å². The number of rotatable bonds is 10. The standard InChI is InChI=1S/C21H19F6N5O3S2/c1-28-37(33,34)15-6-7-17(36-11-21(25,26)27)16(8-15)32-19-9-18(29-12-30-19)31-13-2-4-14(5-3-13)35-10-20(22,23)24/h2-9,12,28H,10-11H2,1H3,(H2,29,30,31,32). The van der Waals surface area contributed by atoms with Gasteiger partial charge in [0.25, 0.3) is 0 Å². The van der Waals surface area contributed by atoms with Gasteiger partial charge in [-0.15, -0.1) is 11.8 Å². The van der Waals surface area contributed by atoms with Crippen molar-refractivity contribution in [3.63, 3.8) is 0 Å². The molecule has 0 saturated heterocycles. The van der Waals surface area contributed by atoms with Crippen molar-refractivity contribution in [3.05, 3.63) is 54.9 Å². The molecule has 0 radical (unpaired) electrons. The zero-order valence-electron chi connectivity index (χ0n) is 18.8. The summed E-state index contributed by atoms with van der Waals surface area (Å²) in [4.78, 5) is 8.00. The van der Waals surface area contributed by atoms with Crippen LogP contribution in [0.2, 0.25) is 0 Å². The number of hydrogen-bond donors (Lipinski definition) is 3. The number of thioether (sulfide) groups is 1. The van der Waals surface area contributed by atoms with Crippen molar-refractivity contribution in [2.24, 2.45) is 0 Å². The molecule has 1 heterocycles. The summed E-state index contributed by atoms with van der Waals surface area (Å²) in [6.45, 7) is -1.43. The van der Waals surface area contributed by atoms with E-state index in [1.54, 1.807) is 0 Å². The second kappa shape index (κ2) is 11.4. The number of hydrogen-bond acceptors (Lipinski definition) is 8. The van der Waals surface area contributed by atoms with Gasteiger partial charge in [-0.05, 0) is 49.5 Å². The number of aromatic nitrogens is 2. The summed E-state index contributed by atoms with van der Waals surface area (Å²) in [7, 11) is -2.68. The molecule has 0 aliphatic carbocycles. The first-order chi connectivity index (χ1) is 17.2. The van der Waals surface area contributed by atoms with Crippen molar-refractivity contribution in [2.45, 2.75) is 22.1 Å². The van der Waals surface area contributed by atoms with E-state index < -0.39 is 34.7 Å². The maximum atomic E-state index is 12.8. The molecule has 0 aliphatic rings. The maximum absolute atomic E-state index is 12.8. The van der Waals surface area contributed by atoms with Gasteiger partial charge in [0.05, 0.1) is 16.3 Å². The molecule has 0 saturated carbocycles. The van der Waals surface area contributed by atoms with E-state index in [1.807, 2.05) is 0 Å². The first kappa shape index (κ1) is 28.3. The number of alkyl halides is 6. The van der Waals surface area contributed by atoms with E-state index in [9.17, 15) is 34.8 Å². The van der Waals surface area contributed by atoms with Crippen LogP contribution in [0.5, 0.6) is 5.75 Å². The molecule has 200 valence electrons. The maximum Gasteiger partial charge on any atom is 0.422 e. The summed E-state index contributed by atoms with van der Waals surface area (Å²) < 4.78 is 106. The monoisotopic (exact) mass is 567 g/mol. The van der Waals surface area contributed by atoms with Gasteiger partial charge in [-0.1, -0.05) is 0 Å². The Morgan fingerprint density at radius 2 is 1.54 bits per heavy atom. The highest BCUT2D eigenvalue weighted by Gasteiger charge is 2.29. The molecule has 16 heteroatoms. The Morgan fingerprint density at radius 1 is 0.892 bits per heavy atom. The molecule has 0 spiro atoms. The van der Waals surface area contributed by atoms with E-state index in [1.165, 1.54) is 55.6 Å². The lowest BCUT2D eigenvalue weighted by Crippen LogP contribution is -2.19. The van der Waals surface area contributed by atoms with E-state index in [0.717, 1.165) is 6.33 Å². The highest BCUT2D eigenvalue weighted by Crippen LogP contribution is 2.35. The van der Waals surface area contributed by atoms with Crippen LogP contribution in [0, 0.1) is 0 Å². The van der Waals surface area contributed by atoms with Gasteiger partial charge in [0.15, 0.2) is 6.61 Å². The number of nitrogens with one attached hydrogen (secondary N) is 3. The van der Waals surface area contributed by atoms with Gasteiger partial charge in [0, 0.05) is 16.6 Å². The topological polar surface area (TPSA) is 105 Å². The molecule has 0 atom stereocenters. The number of nitrogens with zero attached hydrogens (tertiary/aromatic N) is 2. The molecule has 3 N–H and O–H groups in total. The molecule has 0 unspecified atom stereocenters. The van der Waals surface area contributed by atoms with Crippen molar-refractivity contribution >= 4 is 44.8 Å². The average Bonchev–Trinajstić information content (AvgIpc) is 2.82. The minimum Gasteiger partial charge on any atom is -0.484 e. The molecule has 0 amide bonds. The van der Waals surface area contributed by atoms with Crippen LogP contribution in [-0.4, -0.2) is 50.1 Å². The van der Waals surface area contributed by atoms with Crippen molar-refractivity contribution in [2.75, 3.05) is 30.0 Å². The number of ether oxygens (including phenoxy) is 1. The third-order valence-electron chi connectivity index (χ3n) is 4.38. The predicted octanol–water partition coefficient (Wildman–Crippen LogP) is 5.47. The van der Waals surface area contributed by atoms with E-state index >= 15 is 0 Å². The van der Waals surface area contributed by atoms with Crippen molar-refractivity contribution < 1.29 is 39.5 Å². The fourth-order valence-corrected chi connectivity index (χ4v) is 4.26. The first-order valence-corrected chi connectivity index (χ1v) is 12.6. The first-order valence-electron chi connectivity index (χ1n) is 10.2. The minimum atomic E-state index is -4.47. The molecule has 37 heavy (non-hydrogen) atoms. The van der Waals surface area contributed by atoms with E-state index in [0.29, 0.717) is 17.4 Å². The smallest absolute Gasteiger partial charge is 0.422 e. The summed E-state index contributed by atoms with van der Waals surface area (Å²) in [5.41, 5.74) is 0.522. The van der Waals surface area contributed by atoms with Crippen LogP contribution in [0.3, 0.4) is 0 Å².